The zero-order valence-corrected chi connectivity index (χ0v) is 20.5. The van der Waals surface area contributed by atoms with Gasteiger partial charge in [0, 0.05) is 43.3 Å². The fourth-order valence-electron chi connectivity index (χ4n) is 4.51. The maximum Gasteiger partial charge on any atom is 0.254 e. The molecule has 2 aromatic carbocycles. The molecule has 0 atom stereocenters. The molecule has 0 aliphatic carbocycles. The molecule has 36 heavy (non-hydrogen) atoms. The third-order valence-electron chi connectivity index (χ3n) is 6.59. The third-order valence-corrected chi connectivity index (χ3v) is 6.59. The van der Waals surface area contributed by atoms with Crippen LogP contribution in [0.5, 0.6) is 0 Å². The number of amides is 1. The van der Waals surface area contributed by atoms with E-state index >= 15 is 0 Å². The Bertz CT molecular complexity index is 1500. The molecule has 8 nitrogen and oxygen atoms in total. The third kappa shape index (κ3) is 4.98. The molecule has 182 valence electrons. The molecule has 3 aromatic heterocycles. The van der Waals surface area contributed by atoms with E-state index < -0.39 is 0 Å². The van der Waals surface area contributed by atoms with Crippen LogP contribution in [0.3, 0.4) is 0 Å². The summed E-state index contributed by atoms with van der Waals surface area (Å²) in [7, 11) is 0. The smallest absolute Gasteiger partial charge is 0.254 e. The second-order valence-corrected chi connectivity index (χ2v) is 9.03. The quantitative estimate of drug-likeness (QED) is 0.349. The van der Waals surface area contributed by atoms with Gasteiger partial charge in [-0.1, -0.05) is 24.3 Å². The second kappa shape index (κ2) is 10.0. The number of aryl methyl sites for hydroxylation is 4. The van der Waals surface area contributed by atoms with Crippen LogP contribution in [0, 0.1) is 13.8 Å². The Labute approximate surface area is 209 Å². The van der Waals surface area contributed by atoms with Crippen LogP contribution in [0.25, 0.3) is 10.8 Å². The second-order valence-electron chi connectivity index (χ2n) is 9.03. The molecule has 8 heteroatoms. The number of carbonyl (C=O) groups excluding carboxylic acids is 1. The SMILES string of the molecule is Cc1cc2c(N)nccc2c(C)c1CNC(=O)c1cnn(Cc2ccc(CCn3cccn3)cc2)c1. The van der Waals surface area contributed by atoms with Crippen LogP contribution in [-0.2, 0) is 26.1 Å². The molecule has 3 N–H and O–H groups in total. The lowest BCUT2D eigenvalue weighted by Crippen LogP contribution is -2.23. The number of anilines is 1. The van der Waals surface area contributed by atoms with Crippen LogP contribution in [-0.4, -0.2) is 30.5 Å². The van der Waals surface area contributed by atoms with Gasteiger partial charge in [-0.15, -0.1) is 0 Å². The van der Waals surface area contributed by atoms with E-state index in [2.05, 4.69) is 51.7 Å². The maximum absolute atomic E-state index is 12.8. The number of pyridine rings is 1. The molecule has 5 rings (SSSR count). The van der Waals surface area contributed by atoms with E-state index in [9.17, 15) is 4.79 Å². The van der Waals surface area contributed by atoms with Gasteiger partial charge in [-0.25, -0.2) is 4.98 Å². The molecule has 5 aromatic rings. The summed E-state index contributed by atoms with van der Waals surface area (Å²) in [4.78, 5) is 17.0. The highest BCUT2D eigenvalue weighted by Gasteiger charge is 2.13. The lowest BCUT2D eigenvalue weighted by atomic mass is 9.96. The van der Waals surface area contributed by atoms with Crippen LogP contribution < -0.4 is 11.1 Å². The number of fused-ring (bicyclic) bond motifs is 1. The number of hydrogen-bond donors (Lipinski definition) is 2. The summed E-state index contributed by atoms with van der Waals surface area (Å²) in [5.74, 6) is 0.369. The van der Waals surface area contributed by atoms with Crippen molar-refractivity contribution in [2.45, 2.75) is 39.9 Å². The first-order chi connectivity index (χ1) is 17.5. The van der Waals surface area contributed by atoms with Gasteiger partial charge in [0.05, 0.1) is 18.3 Å². The summed E-state index contributed by atoms with van der Waals surface area (Å²) in [6.45, 7) is 5.97. The minimum Gasteiger partial charge on any atom is -0.383 e. The molecular weight excluding hydrogens is 450 g/mol. The average Bonchev–Trinajstić information content (AvgIpc) is 3.57. The van der Waals surface area contributed by atoms with Crippen molar-refractivity contribution in [3.05, 3.63) is 107 Å². The molecule has 0 fully saturated rings. The predicted octanol–water partition coefficient (Wildman–Crippen LogP) is 4.05. The predicted molar refractivity (Wildman–Crippen MR) is 141 cm³/mol. The lowest BCUT2D eigenvalue weighted by Gasteiger charge is -2.14. The van der Waals surface area contributed by atoms with Crippen molar-refractivity contribution in [2.75, 3.05) is 5.73 Å². The van der Waals surface area contributed by atoms with Crippen LogP contribution in [0.1, 0.15) is 38.2 Å². The van der Waals surface area contributed by atoms with E-state index in [1.165, 1.54) is 5.56 Å². The maximum atomic E-state index is 12.8. The molecule has 0 aliphatic heterocycles. The first-order valence-electron chi connectivity index (χ1n) is 12.0. The minimum atomic E-state index is -0.150. The molecule has 3 heterocycles. The highest BCUT2D eigenvalue weighted by molar-refractivity contribution is 5.95. The standard InChI is InChI=1S/C28H29N7O/c1-19-14-25-24(8-11-30-27(25)29)20(2)26(19)16-31-28(36)23-15-33-35(18-23)17-22-6-4-21(5-7-22)9-13-34-12-3-10-32-34/h3-8,10-12,14-15,18H,9,13,16-17H2,1-2H3,(H2,29,30)(H,31,36). The van der Waals surface area contributed by atoms with Gasteiger partial charge in [0.1, 0.15) is 5.82 Å². The molecule has 1 amide bonds. The van der Waals surface area contributed by atoms with Gasteiger partial charge in [0.15, 0.2) is 0 Å². The van der Waals surface area contributed by atoms with Gasteiger partial charge in [0.2, 0.25) is 0 Å². The fraction of sp³-hybridized carbons (Fsp3) is 0.214. The molecule has 0 aliphatic rings. The van der Waals surface area contributed by atoms with Crippen LogP contribution in [0.2, 0.25) is 0 Å². The van der Waals surface area contributed by atoms with Crippen molar-refractivity contribution in [3.8, 4) is 0 Å². The monoisotopic (exact) mass is 479 g/mol. The summed E-state index contributed by atoms with van der Waals surface area (Å²) in [5, 5.41) is 13.7. The summed E-state index contributed by atoms with van der Waals surface area (Å²) in [6, 6.07) is 14.4. The normalized spacial score (nSPS) is 11.2. The molecule has 0 unspecified atom stereocenters. The number of hydrogen-bond acceptors (Lipinski definition) is 5. The number of nitrogens with two attached hydrogens (primary N) is 1. The number of nitrogens with zero attached hydrogens (tertiary/aromatic N) is 5. The van der Waals surface area contributed by atoms with Crippen LogP contribution >= 0.6 is 0 Å². The van der Waals surface area contributed by atoms with E-state index in [4.69, 9.17) is 5.73 Å². The number of nitrogen functional groups attached to an aromatic ring is 1. The lowest BCUT2D eigenvalue weighted by molar-refractivity contribution is 0.0950. The van der Waals surface area contributed by atoms with E-state index in [1.54, 1.807) is 29.5 Å². The Morgan fingerprint density at radius 1 is 1.00 bits per heavy atom. The Balaban J connectivity index is 1.20. The van der Waals surface area contributed by atoms with Crippen molar-refractivity contribution in [1.82, 2.24) is 29.9 Å². The Kier molecular flexibility index (Phi) is 6.49. The van der Waals surface area contributed by atoms with Crippen molar-refractivity contribution in [3.63, 3.8) is 0 Å². The highest BCUT2D eigenvalue weighted by Crippen LogP contribution is 2.27. The van der Waals surface area contributed by atoms with Crippen molar-refractivity contribution < 1.29 is 4.79 Å². The summed E-state index contributed by atoms with van der Waals surface area (Å²) in [6.07, 6.45) is 9.80. The van der Waals surface area contributed by atoms with Crippen LogP contribution in [0.15, 0.2) is 73.4 Å². The molecule has 0 radical (unpaired) electrons. The molecule has 0 saturated carbocycles. The number of aromatic nitrogens is 5. The first kappa shape index (κ1) is 23.3. The Morgan fingerprint density at radius 2 is 1.81 bits per heavy atom. The van der Waals surface area contributed by atoms with E-state index in [0.717, 1.165) is 46.0 Å². The average molecular weight is 480 g/mol. The molecule has 0 bridgehead atoms. The zero-order chi connectivity index (χ0) is 25.1. The zero-order valence-electron chi connectivity index (χ0n) is 20.5. The molecule has 0 saturated heterocycles. The Hall–Kier alpha value is -4.46. The fourth-order valence-corrected chi connectivity index (χ4v) is 4.51. The number of benzene rings is 2. The van der Waals surface area contributed by atoms with Gasteiger partial charge in [0.25, 0.3) is 5.91 Å². The first-order valence-corrected chi connectivity index (χ1v) is 12.0. The van der Waals surface area contributed by atoms with Crippen molar-refractivity contribution in [2.24, 2.45) is 0 Å². The Morgan fingerprint density at radius 3 is 2.58 bits per heavy atom. The summed E-state index contributed by atoms with van der Waals surface area (Å²) < 4.78 is 3.72. The summed E-state index contributed by atoms with van der Waals surface area (Å²) >= 11 is 0. The molecule has 0 spiro atoms. The van der Waals surface area contributed by atoms with E-state index in [0.29, 0.717) is 24.5 Å². The van der Waals surface area contributed by atoms with E-state index in [-0.39, 0.29) is 5.91 Å². The number of nitrogens with one attached hydrogen (secondary N) is 1. The van der Waals surface area contributed by atoms with E-state index in [1.807, 2.05) is 36.0 Å². The van der Waals surface area contributed by atoms with Gasteiger partial charge < -0.3 is 11.1 Å². The molecular formula is C28H29N7O. The van der Waals surface area contributed by atoms with Crippen molar-refractivity contribution >= 4 is 22.5 Å². The van der Waals surface area contributed by atoms with Gasteiger partial charge in [-0.3, -0.25) is 14.2 Å². The number of rotatable bonds is 8. The number of carbonyl (C=O) groups is 1. The topological polar surface area (TPSA) is 104 Å². The highest BCUT2D eigenvalue weighted by atomic mass is 16.1. The van der Waals surface area contributed by atoms with Crippen molar-refractivity contribution in [1.29, 1.82) is 0 Å². The van der Waals surface area contributed by atoms with Crippen LogP contribution in [0.4, 0.5) is 5.82 Å². The van der Waals surface area contributed by atoms with Gasteiger partial charge >= 0.3 is 0 Å². The largest absolute Gasteiger partial charge is 0.383 e. The van der Waals surface area contributed by atoms with Gasteiger partial charge in [-0.05, 0) is 71.7 Å². The van der Waals surface area contributed by atoms with Gasteiger partial charge in [-0.2, -0.15) is 10.2 Å². The summed E-state index contributed by atoms with van der Waals surface area (Å²) in [5.41, 5.74) is 12.2. The minimum absolute atomic E-state index is 0.150.